The van der Waals surface area contributed by atoms with Gasteiger partial charge in [-0.15, -0.1) is 0 Å². The lowest BCUT2D eigenvalue weighted by molar-refractivity contribution is -0.140. The van der Waals surface area contributed by atoms with Crippen LogP contribution in [-0.2, 0) is 21.4 Å². The van der Waals surface area contributed by atoms with Crippen LogP contribution >= 0.6 is 0 Å². The Kier molecular flexibility index (Phi) is 6.85. The van der Waals surface area contributed by atoms with E-state index in [1.807, 2.05) is 18.2 Å². The average molecular weight is 657 g/mol. The van der Waals surface area contributed by atoms with E-state index in [0.717, 1.165) is 86.2 Å². The Morgan fingerprint density at radius 1 is 0.915 bits per heavy atom. The molecule has 6 fully saturated rings. The maximum atomic E-state index is 15.0. The van der Waals surface area contributed by atoms with Gasteiger partial charge in [-0.05, 0) is 92.3 Å². The van der Waals surface area contributed by atoms with Crippen molar-refractivity contribution in [2.45, 2.75) is 93.9 Å². The highest BCUT2D eigenvalue weighted by Crippen LogP contribution is 2.66. The molecule has 2 atom stereocenters. The molecular formula is C37H44N4O5S. The molecule has 3 aromatic rings. The van der Waals surface area contributed by atoms with Crippen LogP contribution in [0.25, 0.3) is 22.2 Å². The summed E-state index contributed by atoms with van der Waals surface area (Å²) >= 11 is 0. The summed E-state index contributed by atoms with van der Waals surface area (Å²) < 4.78 is 35.9. The monoisotopic (exact) mass is 656 g/mol. The number of sulfonamides is 1. The number of nitrogens with one attached hydrogen (secondary N) is 1. The molecule has 47 heavy (non-hydrogen) atoms. The minimum Gasteiger partial charge on any atom is -0.497 e. The van der Waals surface area contributed by atoms with Crippen LogP contribution < -0.4 is 9.46 Å². The van der Waals surface area contributed by atoms with E-state index < -0.39 is 26.6 Å². The SMILES string of the molecule is COc1ccc2c(c1)C1CC1(C(=O)N1CCN3CCC1CC3)Cn1c-2c(C2CCCCC2)c2ccc(C(=O)NS(=O)(=O)C3CC3)cc21. The van der Waals surface area contributed by atoms with Crippen LogP contribution in [0, 0.1) is 5.41 Å². The predicted molar refractivity (Wildman–Crippen MR) is 180 cm³/mol. The van der Waals surface area contributed by atoms with E-state index >= 15 is 0 Å². The van der Waals surface area contributed by atoms with Gasteiger partial charge in [0, 0.05) is 66.7 Å². The topological polar surface area (TPSA) is 101 Å². The number of amides is 2. The number of aromatic nitrogens is 1. The number of hydrogen-bond donors (Lipinski definition) is 1. The molecule has 248 valence electrons. The van der Waals surface area contributed by atoms with Gasteiger partial charge >= 0.3 is 0 Å². The smallest absolute Gasteiger partial charge is 0.264 e. The first kappa shape index (κ1) is 29.7. The number of nitrogens with zero attached hydrogens (tertiary/aromatic N) is 3. The maximum absolute atomic E-state index is 15.0. The summed E-state index contributed by atoms with van der Waals surface area (Å²) in [4.78, 5) is 33.1. The molecule has 3 aliphatic carbocycles. The van der Waals surface area contributed by atoms with Crippen molar-refractivity contribution < 1.29 is 22.7 Å². The summed E-state index contributed by atoms with van der Waals surface area (Å²) in [6.07, 6.45) is 9.87. The molecule has 9 nitrogen and oxygen atoms in total. The Hall–Kier alpha value is -3.37. The van der Waals surface area contributed by atoms with Gasteiger partial charge in [-0.1, -0.05) is 25.3 Å². The number of benzene rings is 2. The Labute approximate surface area is 276 Å². The predicted octanol–water partition coefficient (Wildman–Crippen LogP) is 5.38. The molecule has 2 bridgehead atoms. The first-order chi connectivity index (χ1) is 22.8. The lowest BCUT2D eigenvalue weighted by Gasteiger charge is -2.34. The van der Waals surface area contributed by atoms with Crippen molar-refractivity contribution in [1.82, 2.24) is 19.1 Å². The van der Waals surface area contributed by atoms with Crippen molar-refractivity contribution in [3.63, 3.8) is 0 Å². The molecule has 4 aliphatic heterocycles. The van der Waals surface area contributed by atoms with E-state index in [-0.39, 0.29) is 17.9 Å². The summed E-state index contributed by atoms with van der Waals surface area (Å²) in [7, 11) is -1.98. The highest BCUT2D eigenvalue weighted by Gasteiger charge is 2.64. The number of fused-ring (bicyclic) bond motifs is 11. The van der Waals surface area contributed by atoms with Gasteiger partial charge in [-0.25, -0.2) is 13.1 Å². The lowest BCUT2D eigenvalue weighted by Crippen LogP contribution is -2.46. The second-order valence-corrected chi connectivity index (χ2v) is 17.0. The second-order valence-electron chi connectivity index (χ2n) is 15.0. The van der Waals surface area contributed by atoms with Crippen molar-refractivity contribution in [3.8, 4) is 17.0 Å². The first-order valence-electron chi connectivity index (χ1n) is 17.7. The van der Waals surface area contributed by atoms with Crippen molar-refractivity contribution in [2.24, 2.45) is 5.41 Å². The number of methoxy groups -OCH3 is 1. The zero-order chi connectivity index (χ0) is 32.1. The van der Waals surface area contributed by atoms with Crippen LogP contribution in [0.15, 0.2) is 36.4 Å². The van der Waals surface area contributed by atoms with Crippen LogP contribution in [0.3, 0.4) is 0 Å². The van der Waals surface area contributed by atoms with E-state index in [1.165, 1.54) is 30.4 Å². The molecule has 2 unspecified atom stereocenters. The third-order valence-electron chi connectivity index (χ3n) is 12.3. The molecular weight excluding hydrogens is 612 g/mol. The molecule has 1 N–H and O–H groups in total. The fraction of sp³-hybridized carbons (Fsp3) is 0.568. The number of piperidine rings is 1. The molecule has 10 heteroatoms. The quantitative estimate of drug-likeness (QED) is 0.383. The zero-order valence-electron chi connectivity index (χ0n) is 27.2. The molecule has 5 heterocycles. The molecule has 2 amide bonds. The normalized spacial score (nSPS) is 28.5. The highest BCUT2D eigenvalue weighted by molar-refractivity contribution is 7.91. The Morgan fingerprint density at radius 3 is 2.45 bits per heavy atom. The minimum absolute atomic E-state index is 0.0881. The number of ether oxygens (including phenoxy) is 1. The van der Waals surface area contributed by atoms with Gasteiger partial charge in [0.25, 0.3) is 5.91 Å². The van der Waals surface area contributed by atoms with Gasteiger partial charge in [0.1, 0.15) is 5.75 Å². The van der Waals surface area contributed by atoms with E-state index in [2.05, 4.69) is 31.2 Å². The maximum Gasteiger partial charge on any atom is 0.264 e. The van der Waals surface area contributed by atoms with Gasteiger partial charge in [0.15, 0.2) is 0 Å². The fourth-order valence-corrected chi connectivity index (χ4v) is 10.8. The fourth-order valence-electron chi connectivity index (χ4n) is 9.51. The molecule has 10 rings (SSSR count). The number of carbonyl (C=O) groups is 2. The van der Waals surface area contributed by atoms with E-state index in [9.17, 15) is 18.0 Å². The minimum atomic E-state index is -3.68. The van der Waals surface area contributed by atoms with Gasteiger partial charge < -0.3 is 19.1 Å². The molecule has 7 aliphatic rings. The van der Waals surface area contributed by atoms with Crippen LogP contribution in [0.2, 0.25) is 0 Å². The van der Waals surface area contributed by atoms with Gasteiger partial charge in [-0.2, -0.15) is 0 Å². The van der Waals surface area contributed by atoms with E-state index in [4.69, 9.17) is 4.74 Å². The molecule has 2 aromatic carbocycles. The lowest BCUT2D eigenvalue weighted by atomic mass is 9.81. The summed E-state index contributed by atoms with van der Waals surface area (Å²) in [6, 6.07) is 12.4. The van der Waals surface area contributed by atoms with Gasteiger partial charge in [-0.3, -0.25) is 9.59 Å². The second kappa shape index (κ2) is 10.8. The number of hydrogen-bond acceptors (Lipinski definition) is 6. The Morgan fingerprint density at radius 2 is 1.70 bits per heavy atom. The van der Waals surface area contributed by atoms with E-state index in [0.29, 0.717) is 30.9 Å². The third kappa shape index (κ3) is 4.76. The molecule has 3 saturated heterocycles. The molecule has 1 aromatic heterocycles. The van der Waals surface area contributed by atoms with Crippen molar-refractivity contribution >= 4 is 32.7 Å². The summed E-state index contributed by atoms with van der Waals surface area (Å²) in [5, 5.41) is 0.632. The van der Waals surface area contributed by atoms with Crippen molar-refractivity contribution in [2.75, 3.05) is 33.3 Å². The molecule has 3 saturated carbocycles. The zero-order valence-corrected chi connectivity index (χ0v) is 28.0. The summed E-state index contributed by atoms with van der Waals surface area (Å²) in [6.45, 7) is 4.37. The van der Waals surface area contributed by atoms with Crippen LogP contribution in [-0.4, -0.2) is 79.2 Å². The standard InChI is InChI=1S/C37H44N4O5S/c1-46-26-8-12-28-30(20-26)31-21-37(31,36(43)40-18-17-39-15-13-25(40)14-16-39)22-41-32-19-24(35(42)38-47(44,45)27-9-10-27)7-11-29(32)33(34(28)41)23-5-3-2-4-6-23/h7-8,11-12,19-20,23,25,27,31H,2-6,9-10,13-18,21-22H2,1H3,(H,38,42). The average Bonchev–Trinajstić information content (AvgIpc) is 4.00. The van der Waals surface area contributed by atoms with Crippen LogP contribution in [0.4, 0.5) is 0 Å². The molecule has 0 spiro atoms. The van der Waals surface area contributed by atoms with Gasteiger partial charge in [0.2, 0.25) is 15.9 Å². The molecule has 0 radical (unpaired) electrons. The Balaban J connectivity index is 1.22. The number of rotatable bonds is 6. The van der Waals surface area contributed by atoms with Crippen molar-refractivity contribution in [3.05, 3.63) is 53.1 Å². The van der Waals surface area contributed by atoms with E-state index in [1.54, 1.807) is 13.2 Å². The summed E-state index contributed by atoms with van der Waals surface area (Å²) in [5.74, 6) is 0.952. The largest absolute Gasteiger partial charge is 0.497 e. The van der Waals surface area contributed by atoms with Crippen LogP contribution in [0.1, 0.15) is 97.5 Å². The van der Waals surface area contributed by atoms with Gasteiger partial charge in [0.05, 0.1) is 23.5 Å². The third-order valence-corrected chi connectivity index (χ3v) is 14.1. The Bertz CT molecular complexity index is 1900. The summed E-state index contributed by atoms with van der Waals surface area (Å²) in [5.41, 5.74) is 5.50. The highest BCUT2D eigenvalue weighted by atomic mass is 32.2. The first-order valence-corrected chi connectivity index (χ1v) is 19.3. The number of carbonyl (C=O) groups excluding carboxylic acids is 2. The van der Waals surface area contributed by atoms with Crippen molar-refractivity contribution in [1.29, 1.82) is 0 Å². The van der Waals surface area contributed by atoms with Crippen LogP contribution in [0.5, 0.6) is 5.75 Å².